The van der Waals surface area contributed by atoms with Gasteiger partial charge in [-0.05, 0) is 43.3 Å². The van der Waals surface area contributed by atoms with Crippen LogP contribution in [0.3, 0.4) is 0 Å². The van der Waals surface area contributed by atoms with Crippen LogP contribution in [0.2, 0.25) is 0 Å². The SMILES string of the molecule is COc1ccc(C(=O)[C@@H](C)OC(=O)C2=Cc3ccccc3OC2)cc1. The summed E-state index contributed by atoms with van der Waals surface area (Å²) in [5, 5.41) is 0. The molecule has 0 aliphatic carbocycles. The van der Waals surface area contributed by atoms with E-state index in [2.05, 4.69) is 0 Å². The molecule has 1 aliphatic heterocycles. The second-order valence-electron chi connectivity index (χ2n) is 5.64. The average Bonchev–Trinajstić information content (AvgIpc) is 2.67. The highest BCUT2D eigenvalue weighted by molar-refractivity contribution is 6.02. The Kier molecular flexibility index (Phi) is 4.84. The number of hydrogen-bond acceptors (Lipinski definition) is 5. The van der Waals surface area contributed by atoms with Crippen LogP contribution in [0.5, 0.6) is 11.5 Å². The predicted octanol–water partition coefficient (Wildman–Crippen LogP) is 3.29. The van der Waals surface area contributed by atoms with Crippen LogP contribution in [-0.2, 0) is 9.53 Å². The van der Waals surface area contributed by atoms with Gasteiger partial charge in [-0.2, -0.15) is 0 Å². The molecule has 0 aromatic heterocycles. The minimum absolute atomic E-state index is 0.124. The lowest BCUT2D eigenvalue weighted by atomic mass is 10.1. The number of carbonyl (C=O) groups is 2. The minimum Gasteiger partial charge on any atom is -0.497 e. The summed E-state index contributed by atoms with van der Waals surface area (Å²) in [6.07, 6.45) is 0.838. The number of rotatable bonds is 5. The summed E-state index contributed by atoms with van der Waals surface area (Å²) in [5.41, 5.74) is 1.66. The van der Waals surface area contributed by atoms with E-state index in [0.717, 1.165) is 11.3 Å². The van der Waals surface area contributed by atoms with Gasteiger partial charge in [0.1, 0.15) is 18.1 Å². The van der Waals surface area contributed by atoms with E-state index in [1.165, 1.54) is 0 Å². The highest BCUT2D eigenvalue weighted by atomic mass is 16.5. The zero-order valence-electron chi connectivity index (χ0n) is 14.0. The van der Waals surface area contributed by atoms with Crippen molar-refractivity contribution in [3.05, 3.63) is 65.2 Å². The van der Waals surface area contributed by atoms with Gasteiger partial charge >= 0.3 is 5.97 Å². The van der Waals surface area contributed by atoms with Gasteiger partial charge in [0.05, 0.1) is 12.7 Å². The molecular weight excluding hydrogens is 320 g/mol. The lowest BCUT2D eigenvalue weighted by molar-refractivity contribution is -0.141. The van der Waals surface area contributed by atoms with Crippen LogP contribution in [-0.4, -0.2) is 31.6 Å². The van der Waals surface area contributed by atoms with E-state index in [1.807, 2.05) is 24.3 Å². The quantitative estimate of drug-likeness (QED) is 0.618. The van der Waals surface area contributed by atoms with Crippen LogP contribution in [0.4, 0.5) is 0 Å². The lowest BCUT2D eigenvalue weighted by Crippen LogP contribution is -2.27. The summed E-state index contributed by atoms with van der Waals surface area (Å²) in [6, 6.07) is 14.1. The summed E-state index contributed by atoms with van der Waals surface area (Å²) in [7, 11) is 1.55. The first-order valence-corrected chi connectivity index (χ1v) is 7.90. The Morgan fingerprint density at radius 2 is 1.80 bits per heavy atom. The second-order valence-corrected chi connectivity index (χ2v) is 5.64. The van der Waals surface area contributed by atoms with Gasteiger partial charge in [0.2, 0.25) is 5.78 Å². The third kappa shape index (κ3) is 3.71. The van der Waals surface area contributed by atoms with E-state index < -0.39 is 12.1 Å². The molecule has 0 saturated heterocycles. The molecule has 1 heterocycles. The molecule has 0 unspecified atom stereocenters. The summed E-state index contributed by atoms with van der Waals surface area (Å²) in [4.78, 5) is 24.7. The maximum Gasteiger partial charge on any atom is 0.338 e. The van der Waals surface area contributed by atoms with Crippen molar-refractivity contribution in [3.63, 3.8) is 0 Å². The number of carbonyl (C=O) groups excluding carboxylic acids is 2. The number of fused-ring (bicyclic) bond motifs is 1. The molecular formula is C20H18O5. The molecule has 128 valence electrons. The fourth-order valence-electron chi connectivity index (χ4n) is 2.51. The monoisotopic (exact) mass is 338 g/mol. The Morgan fingerprint density at radius 1 is 1.08 bits per heavy atom. The molecule has 5 heteroatoms. The van der Waals surface area contributed by atoms with Crippen molar-refractivity contribution in [1.82, 2.24) is 0 Å². The van der Waals surface area contributed by atoms with Crippen LogP contribution in [0.25, 0.3) is 6.08 Å². The summed E-state index contributed by atoms with van der Waals surface area (Å²) in [6.45, 7) is 1.68. The molecule has 25 heavy (non-hydrogen) atoms. The molecule has 0 saturated carbocycles. The van der Waals surface area contributed by atoms with Crippen molar-refractivity contribution < 1.29 is 23.8 Å². The second kappa shape index (κ2) is 7.21. The zero-order chi connectivity index (χ0) is 17.8. The number of para-hydroxylation sites is 1. The van der Waals surface area contributed by atoms with Crippen molar-refractivity contribution in [2.24, 2.45) is 0 Å². The van der Waals surface area contributed by atoms with E-state index in [1.54, 1.807) is 44.4 Å². The maximum atomic E-state index is 12.4. The largest absolute Gasteiger partial charge is 0.497 e. The van der Waals surface area contributed by atoms with Gasteiger partial charge in [0.15, 0.2) is 6.10 Å². The van der Waals surface area contributed by atoms with Crippen molar-refractivity contribution in [2.75, 3.05) is 13.7 Å². The molecule has 0 radical (unpaired) electrons. The molecule has 1 atom stereocenters. The average molecular weight is 338 g/mol. The van der Waals surface area contributed by atoms with E-state index in [4.69, 9.17) is 14.2 Å². The Labute approximate surface area is 145 Å². The Bertz CT molecular complexity index is 820. The Hall–Kier alpha value is -3.08. The van der Waals surface area contributed by atoms with Gasteiger partial charge in [-0.15, -0.1) is 0 Å². The molecule has 3 rings (SSSR count). The van der Waals surface area contributed by atoms with Crippen molar-refractivity contribution in [2.45, 2.75) is 13.0 Å². The normalized spacial score (nSPS) is 13.8. The van der Waals surface area contributed by atoms with Gasteiger partial charge in [-0.3, -0.25) is 4.79 Å². The molecule has 0 bridgehead atoms. The first kappa shape index (κ1) is 16.8. The predicted molar refractivity (Wildman–Crippen MR) is 92.8 cm³/mol. The lowest BCUT2D eigenvalue weighted by Gasteiger charge is -2.18. The topological polar surface area (TPSA) is 61.8 Å². The highest BCUT2D eigenvalue weighted by Crippen LogP contribution is 2.26. The minimum atomic E-state index is -0.890. The molecule has 0 fully saturated rings. The van der Waals surface area contributed by atoms with Crippen LogP contribution in [0.15, 0.2) is 54.1 Å². The number of benzene rings is 2. The van der Waals surface area contributed by atoms with Gasteiger partial charge in [-0.1, -0.05) is 18.2 Å². The van der Waals surface area contributed by atoms with Gasteiger partial charge in [0, 0.05) is 11.1 Å². The van der Waals surface area contributed by atoms with E-state index in [0.29, 0.717) is 16.9 Å². The maximum absolute atomic E-state index is 12.4. The van der Waals surface area contributed by atoms with E-state index >= 15 is 0 Å². The third-order valence-electron chi connectivity index (χ3n) is 3.92. The number of ketones is 1. The zero-order valence-corrected chi connectivity index (χ0v) is 14.0. The van der Waals surface area contributed by atoms with E-state index in [-0.39, 0.29) is 12.4 Å². The van der Waals surface area contributed by atoms with Gasteiger partial charge in [-0.25, -0.2) is 4.79 Å². The number of hydrogen-bond donors (Lipinski definition) is 0. The van der Waals surface area contributed by atoms with Crippen molar-refractivity contribution in [1.29, 1.82) is 0 Å². The van der Waals surface area contributed by atoms with Gasteiger partial charge in [0.25, 0.3) is 0 Å². The van der Waals surface area contributed by atoms with Crippen LogP contribution >= 0.6 is 0 Å². The summed E-state index contributed by atoms with van der Waals surface area (Å²) >= 11 is 0. The number of ether oxygens (including phenoxy) is 3. The molecule has 1 aliphatic rings. The highest BCUT2D eigenvalue weighted by Gasteiger charge is 2.24. The molecule has 2 aromatic carbocycles. The number of methoxy groups -OCH3 is 1. The van der Waals surface area contributed by atoms with E-state index in [9.17, 15) is 9.59 Å². The fourth-order valence-corrected chi connectivity index (χ4v) is 2.51. The summed E-state index contributed by atoms with van der Waals surface area (Å²) in [5.74, 6) is 0.559. The number of esters is 1. The Balaban J connectivity index is 1.68. The molecule has 0 N–H and O–H groups in total. The van der Waals surface area contributed by atoms with Crippen LogP contribution < -0.4 is 9.47 Å². The molecule has 5 nitrogen and oxygen atoms in total. The fraction of sp³-hybridized carbons (Fsp3) is 0.200. The van der Waals surface area contributed by atoms with Gasteiger partial charge < -0.3 is 14.2 Å². The molecule has 0 amide bonds. The smallest absolute Gasteiger partial charge is 0.338 e. The third-order valence-corrected chi connectivity index (χ3v) is 3.92. The first-order valence-electron chi connectivity index (χ1n) is 7.90. The molecule has 2 aromatic rings. The number of Topliss-reactive ketones (excluding diaryl/α,β-unsaturated/α-hetero) is 1. The van der Waals surface area contributed by atoms with Crippen LogP contribution in [0.1, 0.15) is 22.8 Å². The van der Waals surface area contributed by atoms with Crippen molar-refractivity contribution in [3.8, 4) is 11.5 Å². The van der Waals surface area contributed by atoms with Crippen LogP contribution in [0, 0.1) is 0 Å². The standard InChI is InChI=1S/C20H18O5/c1-13(19(21)14-7-9-17(23-2)10-8-14)25-20(22)16-11-15-5-3-4-6-18(15)24-12-16/h3-11,13H,12H2,1-2H3/t13-/m1/s1. The Morgan fingerprint density at radius 3 is 2.52 bits per heavy atom. The van der Waals surface area contributed by atoms with Crippen molar-refractivity contribution >= 4 is 17.8 Å². The first-order chi connectivity index (χ1) is 12.1. The molecule has 0 spiro atoms. The summed E-state index contributed by atoms with van der Waals surface area (Å²) < 4.78 is 15.9.